The summed E-state index contributed by atoms with van der Waals surface area (Å²) < 4.78 is 5.71. The Morgan fingerprint density at radius 2 is 1.81 bits per heavy atom. The van der Waals surface area contributed by atoms with Crippen LogP contribution in [0.5, 0.6) is 0 Å². The molecule has 0 saturated carbocycles. The molecule has 1 aromatic heterocycles. The smallest absolute Gasteiger partial charge is 0.337 e. The second-order valence-electron chi connectivity index (χ2n) is 6.61. The SMILES string of the molecule is O=C1NC(=S)N(c2ccccc2Cl)C(=O)/C1=C\c1ccc(-c2ccc(Cl)c(C(=O)O)c2)o1. The third-order valence-corrected chi connectivity index (χ3v) is 5.52. The highest BCUT2D eigenvalue weighted by Crippen LogP contribution is 2.30. The third-order valence-electron chi connectivity index (χ3n) is 4.59. The van der Waals surface area contributed by atoms with E-state index in [1.165, 1.54) is 18.2 Å². The van der Waals surface area contributed by atoms with Crippen LogP contribution in [-0.2, 0) is 9.59 Å². The van der Waals surface area contributed by atoms with E-state index >= 15 is 0 Å². The molecule has 0 radical (unpaired) electrons. The zero-order chi connectivity index (χ0) is 23.0. The highest BCUT2D eigenvalue weighted by Gasteiger charge is 2.35. The van der Waals surface area contributed by atoms with Crippen molar-refractivity contribution >= 4 is 70.1 Å². The Kier molecular flexibility index (Phi) is 5.84. The topological polar surface area (TPSA) is 99.9 Å². The molecular weight excluding hydrogens is 475 g/mol. The molecule has 0 aliphatic carbocycles. The van der Waals surface area contributed by atoms with Gasteiger partial charge in [-0.2, -0.15) is 0 Å². The van der Waals surface area contributed by atoms with Crippen LogP contribution < -0.4 is 10.2 Å². The molecule has 160 valence electrons. The first-order chi connectivity index (χ1) is 15.3. The molecule has 1 saturated heterocycles. The zero-order valence-electron chi connectivity index (χ0n) is 16.0. The summed E-state index contributed by atoms with van der Waals surface area (Å²) in [7, 11) is 0. The van der Waals surface area contributed by atoms with Crippen molar-refractivity contribution in [3.05, 3.63) is 81.5 Å². The summed E-state index contributed by atoms with van der Waals surface area (Å²) >= 11 is 17.3. The highest BCUT2D eigenvalue weighted by atomic mass is 35.5. The first-order valence-electron chi connectivity index (χ1n) is 9.05. The Balaban J connectivity index is 1.69. The lowest BCUT2D eigenvalue weighted by Crippen LogP contribution is -2.54. The van der Waals surface area contributed by atoms with Crippen LogP contribution in [0.3, 0.4) is 0 Å². The molecule has 10 heteroatoms. The number of carboxylic acids is 1. The van der Waals surface area contributed by atoms with Crippen molar-refractivity contribution < 1.29 is 23.9 Å². The third kappa shape index (κ3) is 4.03. The average molecular weight is 487 g/mol. The van der Waals surface area contributed by atoms with Crippen LogP contribution in [0.15, 0.2) is 64.6 Å². The molecular formula is C22H12Cl2N2O5S. The predicted molar refractivity (Wildman–Crippen MR) is 124 cm³/mol. The number of benzene rings is 2. The molecule has 32 heavy (non-hydrogen) atoms. The summed E-state index contributed by atoms with van der Waals surface area (Å²) in [5, 5.41) is 12.0. The van der Waals surface area contributed by atoms with Crippen LogP contribution in [-0.4, -0.2) is 28.0 Å². The number of hydrogen-bond donors (Lipinski definition) is 2. The minimum atomic E-state index is -1.18. The van der Waals surface area contributed by atoms with Gasteiger partial charge in [-0.05, 0) is 60.8 Å². The summed E-state index contributed by atoms with van der Waals surface area (Å²) in [5.41, 5.74) is 0.514. The number of thiocarbonyl (C=S) groups is 1. The summed E-state index contributed by atoms with van der Waals surface area (Å²) in [5.74, 6) is -1.98. The fraction of sp³-hybridized carbons (Fsp3) is 0. The minimum absolute atomic E-state index is 0.0776. The van der Waals surface area contributed by atoms with E-state index in [2.05, 4.69) is 5.32 Å². The Bertz CT molecular complexity index is 1330. The molecule has 1 aliphatic heterocycles. The maximum Gasteiger partial charge on any atom is 0.337 e. The summed E-state index contributed by atoms with van der Waals surface area (Å²) in [4.78, 5) is 38.0. The zero-order valence-corrected chi connectivity index (χ0v) is 18.3. The minimum Gasteiger partial charge on any atom is -0.478 e. The molecule has 0 spiro atoms. The van der Waals surface area contributed by atoms with Gasteiger partial charge in [-0.1, -0.05) is 35.3 Å². The van der Waals surface area contributed by atoms with Gasteiger partial charge in [0.25, 0.3) is 11.8 Å². The van der Waals surface area contributed by atoms with Crippen LogP contribution in [0, 0.1) is 0 Å². The number of carboxylic acid groups (broad SMARTS) is 1. The number of halogens is 2. The Morgan fingerprint density at radius 1 is 1.06 bits per heavy atom. The van der Waals surface area contributed by atoms with Gasteiger partial charge in [0.1, 0.15) is 17.1 Å². The summed E-state index contributed by atoms with van der Waals surface area (Å²) in [6.45, 7) is 0. The van der Waals surface area contributed by atoms with E-state index in [9.17, 15) is 19.5 Å². The monoisotopic (exact) mass is 486 g/mol. The molecule has 2 amide bonds. The van der Waals surface area contributed by atoms with Gasteiger partial charge in [0.2, 0.25) is 0 Å². The normalized spacial score (nSPS) is 15.2. The average Bonchev–Trinajstić information content (AvgIpc) is 3.21. The predicted octanol–water partition coefficient (Wildman–Crippen LogP) is 4.78. The van der Waals surface area contributed by atoms with Gasteiger partial charge in [0, 0.05) is 5.56 Å². The first kappa shape index (κ1) is 21.8. The quantitative estimate of drug-likeness (QED) is 0.312. The number of amides is 2. The van der Waals surface area contributed by atoms with Crippen molar-refractivity contribution in [1.82, 2.24) is 5.32 Å². The van der Waals surface area contributed by atoms with Gasteiger partial charge < -0.3 is 9.52 Å². The number of aromatic carboxylic acids is 1. The number of nitrogens with zero attached hydrogens (tertiary/aromatic N) is 1. The number of furan rings is 1. The largest absolute Gasteiger partial charge is 0.478 e. The Labute approximate surface area is 196 Å². The van der Waals surface area contributed by atoms with E-state index in [0.29, 0.717) is 17.0 Å². The Hall–Kier alpha value is -3.46. The van der Waals surface area contributed by atoms with Crippen molar-refractivity contribution in [3.63, 3.8) is 0 Å². The second-order valence-corrected chi connectivity index (χ2v) is 7.81. The van der Waals surface area contributed by atoms with Crippen molar-refractivity contribution in [2.45, 2.75) is 0 Å². The molecule has 0 unspecified atom stereocenters. The van der Waals surface area contributed by atoms with Gasteiger partial charge in [0.15, 0.2) is 5.11 Å². The van der Waals surface area contributed by atoms with Gasteiger partial charge in [-0.15, -0.1) is 0 Å². The van der Waals surface area contributed by atoms with E-state index in [-0.39, 0.29) is 32.1 Å². The lowest BCUT2D eigenvalue weighted by molar-refractivity contribution is -0.122. The van der Waals surface area contributed by atoms with E-state index < -0.39 is 17.8 Å². The number of rotatable bonds is 4. The van der Waals surface area contributed by atoms with Gasteiger partial charge >= 0.3 is 5.97 Å². The standard InChI is InChI=1S/C22H12Cl2N2O5S/c23-15-7-5-11(9-13(15)21(29)30)18-8-6-12(31-18)10-14-19(27)25-22(32)26(20(14)28)17-4-2-1-3-16(17)24/h1-10H,(H,29,30)(H,25,27,32)/b14-10-. The molecule has 1 aliphatic rings. The summed E-state index contributed by atoms with van der Waals surface area (Å²) in [6.07, 6.45) is 1.28. The molecule has 4 rings (SSSR count). The van der Waals surface area contributed by atoms with Crippen LogP contribution in [0.4, 0.5) is 5.69 Å². The Morgan fingerprint density at radius 3 is 2.53 bits per heavy atom. The van der Waals surface area contributed by atoms with E-state index in [1.54, 1.807) is 42.5 Å². The second kappa shape index (κ2) is 8.58. The maximum absolute atomic E-state index is 13.1. The number of hydrogen-bond acceptors (Lipinski definition) is 5. The number of nitrogens with one attached hydrogen (secondary N) is 1. The molecule has 2 heterocycles. The lowest BCUT2D eigenvalue weighted by Gasteiger charge is -2.29. The van der Waals surface area contributed by atoms with E-state index in [4.69, 9.17) is 39.8 Å². The number of para-hydroxylation sites is 1. The molecule has 7 nitrogen and oxygen atoms in total. The van der Waals surface area contributed by atoms with Gasteiger partial charge in [-0.3, -0.25) is 19.8 Å². The van der Waals surface area contributed by atoms with Crippen LogP contribution >= 0.6 is 35.4 Å². The molecule has 0 bridgehead atoms. The molecule has 0 atom stereocenters. The van der Waals surface area contributed by atoms with E-state index in [1.807, 2.05) is 0 Å². The van der Waals surface area contributed by atoms with Crippen molar-refractivity contribution in [2.24, 2.45) is 0 Å². The van der Waals surface area contributed by atoms with Gasteiger partial charge in [0.05, 0.1) is 21.3 Å². The molecule has 2 aromatic carbocycles. The number of carbonyl (C=O) groups is 3. The molecule has 2 N–H and O–H groups in total. The maximum atomic E-state index is 13.1. The van der Waals surface area contributed by atoms with Crippen molar-refractivity contribution in [2.75, 3.05) is 4.90 Å². The fourth-order valence-electron chi connectivity index (χ4n) is 3.08. The van der Waals surface area contributed by atoms with Gasteiger partial charge in [-0.25, -0.2) is 4.79 Å². The molecule has 1 fully saturated rings. The van der Waals surface area contributed by atoms with Crippen LogP contribution in [0.1, 0.15) is 16.1 Å². The summed E-state index contributed by atoms with van der Waals surface area (Å²) in [6, 6.07) is 14.1. The highest BCUT2D eigenvalue weighted by molar-refractivity contribution is 7.80. The van der Waals surface area contributed by atoms with Crippen LogP contribution in [0.2, 0.25) is 10.0 Å². The van der Waals surface area contributed by atoms with E-state index in [0.717, 1.165) is 4.90 Å². The number of carbonyl (C=O) groups excluding carboxylic acids is 2. The number of anilines is 1. The van der Waals surface area contributed by atoms with Crippen molar-refractivity contribution in [1.29, 1.82) is 0 Å². The lowest BCUT2D eigenvalue weighted by atomic mass is 10.1. The fourth-order valence-corrected chi connectivity index (χ4v) is 3.77. The molecule has 3 aromatic rings. The first-order valence-corrected chi connectivity index (χ1v) is 10.2. The van der Waals surface area contributed by atoms with Crippen molar-refractivity contribution in [3.8, 4) is 11.3 Å². The van der Waals surface area contributed by atoms with Crippen LogP contribution in [0.25, 0.3) is 17.4 Å².